The van der Waals surface area contributed by atoms with E-state index in [9.17, 15) is 4.79 Å². The third-order valence-electron chi connectivity index (χ3n) is 4.45. The minimum Gasteiger partial charge on any atom is -0.497 e. The van der Waals surface area contributed by atoms with Crippen LogP contribution in [0.4, 0.5) is 0 Å². The largest absolute Gasteiger partial charge is 0.497 e. The average molecular weight is 415 g/mol. The number of aromatic nitrogens is 2. The third-order valence-corrected chi connectivity index (χ3v) is 5.34. The van der Waals surface area contributed by atoms with Gasteiger partial charge in [0, 0.05) is 22.8 Å². The highest BCUT2D eigenvalue weighted by Crippen LogP contribution is 2.24. The van der Waals surface area contributed by atoms with Crippen LogP contribution in [0.1, 0.15) is 16.8 Å². The Labute approximate surface area is 176 Å². The molecule has 0 unspecified atom stereocenters. The molecule has 0 radical (unpaired) electrons. The van der Waals surface area contributed by atoms with Crippen molar-refractivity contribution in [2.24, 2.45) is 5.10 Å². The molecule has 4 aromatic rings. The zero-order valence-corrected chi connectivity index (χ0v) is 16.9. The van der Waals surface area contributed by atoms with E-state index in [0.29, 0.717) is 5.56 Å². The molecule has 2 aromatic carbocycles. The number of ether oxygens (including phenoxy) is 1. The SMILES string of the molecule is COc1ccc(/C=N/NC(=O)Cc2csc3nc(-c4ccc(C#N)cc4)cn23)cc1. The number of nitrogens with zero attached hydrogens (tertiary/aromatic N) is 4. The van der Waals surface area contributed by atoms with E-state index in [0.717, 1.165) is 33.2 Å². The highest BCUT2D eigenvalue weighted by atomic mass is 32.1. The first-order chi connectivity index (χ1) is 14.7. The predicted octanol–water partition coefficient (Wildman–Crippen LogP) is 3.64. The van der Waals surface area contributed by atoms with E-state index in [1.165, 1.54) is 11.3 Å². The molecular formula is C22H17N5O2S. The summed E-state index contributed by atoms with van der Waals surface area (Å²) in [6.45, 7) is 0. The number of carbonyl (C=O) groups excluding carboxylic acids is 1. The number of rotatable bonds is 6. The lowest BCUT2D eigenvalue weighted by Crippen LogP contribution is -2.20. The molecule has 0 aliphatic rings. The number of hydrogen-bond donors (Lipinski definition) is 1. The van der Waals surface area contributed by atoms with Crippen LogP contribution in [0.5, 0.6) is 5.75 Å². The van der Waals surface area contributed by atoms with Crippen molar-refractivity contribution in [3.63, 3.8) is 0 Å². The quantitative estimate of drug-likeness (QED) is 0.384. The second-order valence-electron chi connectivity index (χ2n) is 6.44. The van der Waals surface area contributed by atoms with Gasteiger partial charge in [0.25, 0.3) is 0 Å². The molecule has 0 atom stereocenters. The second kappa shape index (κ2) is 8.59. The van der Waals surface area contributed by atoms with Gasteiger partial charge in [0.2, 0.25) is 5.91 Å². The Morgan fingerprint density at radius 1 is 1.27 bits per heavy atom. The predicted molar refractivity (Wildman–Crippen MR) is 116 cm³/mol. The number of fused-ring (bicyclic) bond motifs is 1. The van der Waals surface area contributed by atoms with E-state index >= 15 is 0 Å². The first-order valence-electron chi connectivity index (χ1n) is 9.08. The molecule has 148 valence electrons. The van der Waals surface area contributed by atoms with Crippen LogP contribution in [0.3, 0.4) is 0 Å². The van der Waals surface area contributed by atoms with Crippen molar-refractivity contribution in [2.45, 2.75) is 6.42 Å². The average Bonchev–Trinajstić information content (AvgIpc) is 3.36. The summed E-state index contributed by atoms with van der Waals surface area (Å²) in [5.74, 6) is 0.548. The second-order valence-corrected chi connectivity index (χ2v) is 7.27. The van der Waals surface area contributed by atoms with Crippen molar-refractivity contribution >= 4 is 28.4 Å². The topological polar surface area (TPSA) is 91.8 Å². The number of hydrazone groups is 1. The molecule has 0 aliphatic carbocycles. The maximum Gasteiger partial charge on any atom is 0.246 e. The number of amides is 1. The zero-order valence-electron chi connectivity index (χ0n) is 16.1. The number of nitrogens with one attached hydrogen (secondary N) is 1. The Morgan fingerprint density at radius 2 is 2.03 bits per heavy atom. The van der Waals surface area contributed by atoms with Gasteiger partial charge in [-0.15, -0.1) is 11.3 Å². The van der Waals surface area contributed by atoms with Gasteiger partial charge < -0.3 is 4.74 Å². The summed E-state index contributed by atoms with van der Waals surface area (Å²) in [6.07, 6.45) is 3.67. The maximum atomic E-state index is 12.3. The fourth-order valence-corrected chi connectivity index (χ4v) is 3.76. The van der Waals surface area contributed by atoms with Gasteiger partial charge in [0.15, 0.2) is 4.96 Å². The maximum absolute atomic E-state index is 12.3. The molecule has 2 aromatic heterocycles. The zero-order chi connectivity index (χ0) is 20.9. The number of carbonyl (C=O) groups is 1. The van der Waals surface area contributed by atoms with Gasteiger partial charge in [0.05, 0.1) is 37.1 Å². The number of thiazole rings is 1. The van der Waals surface area contributed by atoms with Crippen LogP contribution in [0, 0.1) is 11.3 Å². The third kappa shape index (κ3) is 4.21. The summed E-state index contributed by atoms with van der Waals surface area (Å²) in [6, 6.07) is 16.7. The van der Waals surface area contributed by atoms with E-state index in [2.05, 4.69) is 21.6 Å². The summed E-state index contributed by atoms with van der Waals surface area (Å²) in [5.41, 5.74) is 6.56. The normalized spacial score (nSPS) is 10.9. The van der Waals surface area contributed by atoms with Crippen LogP contribution in [0.25, 0.3) is 16.2 Å². The van der Waals surface area contributed by atoms with Gasteiger partial charge >= 0.3 is 0 Å². The van der Waals surface area contributed by atoms with E-state index < -0.39 is 0 Å². The van der Waals surface area contributed by atoms with E-state index in [1.807, 2.05) is 52.4 Å². The number of methoxy groups -OCH3 is 1. The van der Waals surface area contributed by atoms with Crippen LogP contribution in [-0.4, -0.2) is 28.6 Å². The van der Waals surface area contributed by atoms with Gasteiger partial charge in [-0.3, -0.25) is 9.20 Å². The lowest BCUT2D eigenvalue weighted by molar-refractivity contribution is -0.120. The lowest BCUT2D eigenvalue weighted by Gasteiger charge is -2.00. The molecule has 4 rings (SSSR count). The summed E-state index contributed by atoms with van der Waals surface area (Å²) in [7, 11) is 1.61. The molecule has 1 N–H and O–H groups in total. The van der Waals surface area contributed by atoms with Gasteiger partial charge in [0.1, 0.15) is 5.75 Å². The molecule has 1 amide bonds. The highest BCUT2D eigenvalue weighted by molar-refractivity contribution is 7.15. The molecular weight excluding hydrogens is 398 g/mol. The Hall–Kier alpha value is -3.96. The molecule has 8 heteroatoms. The van der Waals surface area contributed by atoms with E-state index in [4.69, 9.17) is 10.00 Å². The molecule has 0 spiro atoms. The van der Waals surface area contributed by atoms with Crippen LogP contribution in [0.2, 0.25) is 0 Å². The Morgan fingerprint density at radius 3 is 2.73 bits per heavy atom. The van der Waals surface area contributed by atoms with Crippen molar-refractivity contribution in [1.82, 2.24) is 14.8 Å². The number of imidazole rings is 1. The molecule has 0 aliphatic heterocycles. The van der Waals surface area contributed by atoms with Crippen LogP contribution >= 0.6 is 11.3 Å². The number of benzene rings is 2. The smallest absolute Gasteiger partial charge is 0.246 e. The van der Waals surface area contributed by atoms with Crippen molar-refractivity contribution in [2.75, 3.05) is 7.11 Å². The molecule has 0 saturated carbocycles. The Kier molecular flexibility index (Phi) is 5.54. The summed E-state index contributed by atoms with van der Waals surface area (Å²) in [5, 5.41) is 14.9. The number of hydrogen-bond acceptors (Lipinski definition) is 6. The summed E-state index contributed by atoms with van der Waals surface area (Å²) >= 11 is 1.47. The summed E-state index contributed by atoms with van der Waals surface area (Å²) < 4.78 is 7.02. The molecule has 0 bridgehead atoms. The van der Waals surface area contributed by atoms with E-state index in [1.54, 1.807) is 25.5 Å². The fourth-order valence-electron chi connectivity index (χ4n) is 2.88. The standard InChI is InChI=1S/C22H17N5O2S/c1-29-19-8-4-16(5-9-19)12-24-26-21(28)10-18-14-30-22-25-20(13-27(18)22)17-6-2-15(11-23)3-7-17/h2-9,12-14H,10H2,1H3,(H,26,28)/b24-12+. The minimum absolute atomic E-state index is 0.184. The van der Waals surface area contributed by atoms with Gasteiger partial charge in [-0.25, -0.2) is 10.4 Å². The molecule has 7 nitrogen and oxygen atoms in total. The first kappa shape index (κ1) is 19.4. The summed E-state index contributed by atoms with van der Waals surface area (Å²) in [4.78, 5) is 17.7. The van der Waals surface area contributed by atoms with E-state index in [-0.39, 0.29) is 12.3 Å². The first-order valence-corrected chi connectivity index (χ1v) is 9.96. The van der Waals surface area contributed by atoms with Crippen LogP contribution in [-0.2, 0) is 11.2 Å². The number of nitriles is 1. The van der Waals surface area contributed by atoms with Gasteiger partial charge in [-0.05, 0) is 42.0 Å². The Balaban J connectivity index is 1.42. The monoisotopic (exact) mass is 415 g/mol. The van der Waals surface area contributed by atoms with Crippen molar-refractivity contribution < 1.29 is 9.53 Å². The van der Waals surface area contributed by atoms with Gasteiger partial charge in [-0.2, -0.15) is 10.4 Å². The molecule has 30 heavy (non-hydrogen) atoms. The highest BCUT2D eigenvalue weighted by Gasteiger charge is 2.12. The molecule has 2 heterocycles. The van der Waals surface area contributed by atoms with Crippen molar-refractivity contribution in [3.8, 4) is 23.1 Å². The van der Waals surface area contributed by atoms with Crippen molar-refractivity contribution in [1.29, 1.82) is 5.26 Å². The minimum atomic E-state index is -0.215. The molecule has 0 saturated heterocycles. The molecule has 0 fully saturated rings. The van der Waals surface area contributed by atoms with Crippen molar-refractivity contribution in [3.05, 3.63) is 76.9 Å². The van der Waals surface area contributed by atoms with Crippen LogP contribution in [0.15, 0.2) is 65.2 Å². The lowest BCUT2D eigenvalue weighted by atomic mass is 10.1. The van der Waals surface area contributed by atoms with Gasteiger partial charge in [-0.1, -0.05) is 12.1 Å². The Bertz CT molecular complexity index is 1250. The van der Waals surface area contributed by atoms with Crippen LogP contribution < -0.4 is 10.2 Å². The fraction of sp³-hybridized carbons (Fsp3) is 0.0909.